The summed E-state index contributed by atoms with van der Waals surface area (Å²) in [6, 6.07) is 0. The van der Waals surface area contributed by atoms with Gasteiger partial charge in [-0.2, -0.15) is 0 Å². The van der Waals surface area contributed by atoms with Crippen molar-refractivity contribution in [2.75, 3.05) is 31.6 Å². The van der Waals surface area contributed by atoms with Gasteiger partial charge in [0.2, 0.25) is 5.91 Å². The van der Waals surface area contributed by atoms with E-state index in [9.17, 15) is 14.4 Å². The summed E-state index contributed by atoms with van der Waals surface area (Å²) in [6.07, 6.45) is 3.29. The van der Waals surface area contributed by atoms with Crippen LogP contribution in [-0.2, 0) is 9.53 Å². The maximum Gasteiger partial charge on any atom is 0.355 e. The Hall–Kier alpha value is -2.52. The minimum Gasteiger partial charge on any atom is -0.461 e. The smallest absolute Gasteiger partial charge is 0.355 e. The third kappa shape index (κ3) is 4.91. The maximum atomic E-state index is 13.0. The predicted molar refractivity (Wildman–Crippen MR) is 110 cm³/mol. The molecule has 3 rings (SSSR count). The second-order valence-corrected chi connectivity index (χ2v) is 8.06. The average molecular weight is 419 g/mol. The van der Waals surface area contributed by atoms with Gasteiger partial charge in [-0.05, 0) is 45.7 Å². The third-order valence-electron chi connectivity index (χ3n) is 5.10. The normalized spacial score (nSPS) is 17.1. The molecule has 0 bridgehead atoms. The number of nitrogens with zero attached hydrogens (tertiary/aromatic N) is 2. The number of anilines is 1. The van der Waals surface area contributed by atoms with E-state index in [1.807, 2.05) is 10.3 Å². The number of ether oxygens (including phenoxy) is 1. The molecule has 0 saturated carbocycles. The number of likely N-dealkylation sites (tertiary alicyclic amines) is 1. The van der Waals surface area contributed by atoms with Crippen molar-refractivity contribution in [1.29, 1.82) is 0 Å². The Morgan fingerprint density at radius 2 is 2.17 bits per heavy atom. The first kappa shape index (κ1) is 21.2. The van der Waals surface area contributed by atoms with Crippen LogP contribution in [-0.4, -0.2) is 58.8 Å². The van der Waals surface area contributed by atoms with Gasteiger partial charge in [0.15, 0.2) is 10.9 Å². The molecule has 156 valence electrons. The average Bonchev–Trinajstić information content (AvgIpc) is 3.29. The van der Waals surface area contributed by atoms with Crippen molar-refractivity contribution in [2.45, 2.75) is 33.6 Å². The van der Waals surface area contributed by atoms with Crippen LogP contribution >= 0.6 is 11.3 Å². The number of carbonyl (C=O) groups is 3. The largest absolute Gasteiger partial charge is 0.461 e. The Morgan fingerprint density at radius 1 is 1.38 bits per heavy atom. The zero-order chi connectivity index (χ0) is 21.0. The molecule has 1 atom stereocenters. The van der Waals surface area contributed by atoms with Gasteiger partial charge in [0.25, 0.3) is 0 Å². The summed E-state index contributed by atoms with van der Waals surface area (Å²) in [5.74, 6) is -0.753. The van der Waals surface area contributed by atoms with Gasteiger partial charge in [-0.3, -0.25) is 14.5 Å². The molecule has 1 amide bonds. The van der Waals surface area contributed by atoms with E-state index < -0.39 is 5.97 Å². The van der Waals surface area contributed by atoms with E-state index in [0.29, 0.717) is 34.2 Å². The lowest BCUT2D eigenvalue weighted by Gasteiger charge is -2.31. The number of esters is 1. The second-order valence-electron chi connectivity index (χ2n) is 7.17. The lowest BCUT2D eigenvalue weighted by atomic mass is 9.96. The van der Waals surface area contributed by atoms with Gasteiger partial charge in [-0.1, -0.05) is 0 Å². The molecular weight excluding hydrogens is 392 g/mol. The van der Waals surface area contributed by atoms with Crippen LogP contribution in [0, 0.1) is 19.8 Å². The number of aromatic amines is 1. The summed E-state index contributed by atoms with van der Waals surface area (Å²) in [4.78, 5) is 46.6. The van der Waals surface area contributed by atoms with Crippen molar-refractivity contribution in [3.8, 4) is 0 Å². The molecule has 1 unspecified atom stereocenters. The summed E-state index contributed by atoms with van der Waals surface area (Å²) in [5.41, 5.74) is 2.13. The number of nitrogens with one attached hydrogen (secondary N) is 2. The Bertz CT molecular complexity index is 891. The van der Waals surface area contributed by atoms with E-state index in [1.54, 1.807) is 27.0 Å². The second kappa shape index (κ2) is 9.32. The minimum absolute atomic E-state index is 0.0595. The van der Waals surface area contributed by atoms with Crippen molar-refractivity contribution in [3.63, 3.8) is 0 Å². The number of carbonyl (C=O) groups excluding carboxylic acids is 3. The first-order valence-corrected chi connectivity index (χ1v) is 10.6. The highest BCUT2D eigenvalue weighted by atomic mass is 32.1. The van der Waals surface area contributed by atoms with E-state index in [1.165, 1.54) is 11.3 Å². The molecule has 1 aliphatic rings. The van der Waals surface area contributed by atoms with E-state index in [2.05, 4.69) is 15.3 Å². The van der Waals surface area contributed by atoms with Crippen LogP contribution in [0.3, 0.4) is 0 Å². The number of aromatic nitrogens is 2. The van der Waals surface area contributed by atoms with Gasteiger partial charge in [0, 0.05) is 29.4 Å². The fraction of sp³-hybridized carbons (Fsp3) is 0.500. The number of Topliss-reactive ketones (excluding diaryl/α,β-unsaturated/α-hetero) is 1. The highest BCUT2D eigenvalue weighted by molar-refractivity contribution is 7.13. The molecule has 9 heteroatoms. The number of rotatable bonds is 7. The fourth-order valence-electron chi connectivity index (χ4n) is 3.76. The number of ketones is 1. The van der Waals surface area contributed by atoms with Crippen molar-refractivity contribution in [1.82, 2.24) is 14.9 Å². The predicted octanol–water partition coefficient (Wildman–Crippen LogP) is 2.80. The topological polar surface area (TPSA) is 104 Å². The van der Waals surface area contributed by atoms with Crippen LogP contribution in [0.2, 0.25) is 0 Å². The van der Waals surface area contributed by atoms with Gasteiger partial charge in [0.1, 0.15) is 5.69 Å². The number of thiazole rings is 1. The lowest BCUT2D eigenvalue weighted by Crippen LogP contribution is -2.43. The monoisotopic (exact) mass is 418 g/mol. The van der Waals surface area contributed by atoms with Gasteiger partial charge in [0.05, 0.1) is 19.1 Å². The Kier molecular flexibility index (Phi) is 6.81. The molecule has 0 aromatic carbocycles. The molecule has 1 fully saturated rings. The van der Waals surface area contributed by atoms with Crippen LogP contribution in [0.4, 0.5) is 5.13 Å². The molecule has 1 saturated heterocycles. The van der Waals surface area contributed by atoms with Crippen molar-refractivity contribution < 1.29 is 19.1 Å². The third-order valence-corrected chi connectivity index (χ3v) is 5.79. The summed E-state index contributed by atoms with van der Waals surface area (Å²) < 4.78 is 5.05. The van der Waals surface area contributed by atoms with Crippen LogP contribution in [0.15, 0.2) is 11.6 Å². The molecular formula is C20H26N4O4S. The summed E-state index contributed by atoms with van der Waals surface area (Å²) in [5, 5.41) is 5.25. The molecule has 29 heavy (non-hydrogen) atoms. The first-order chi connectivity index (χ1) is 13.9. The molecule has 2 N–H and O–H groups in total. The lowest BCUT2D eigenvalue weighted by molar-refractivity contribution is -0.121. The van der Waals surface area contributed by atoms with Crippen LogP contribution in [0.25, 0.3) is 0 Å². The number of hydrogen-bond donors (Lipinski definition) is 2. The molecule has 0 spiro atoms. The molecule has 1 aliphatic heterocycles. The zero-order valence-corrected chi connectivity index (χ0v) is 17.7. The fourth-order valence-corrected chi connectivity index (χ4v) is 4.30. The number of aryl methyl sites for hydroxylation is 1. The van der Waals surface area contributed by atoms with Gasteiger partial charge in [-0.15, -0.1) is 11.3 Å². The Labute approximate surface area is 173 Å². The van der Waals surface area contributed by atoms with Gasteiger partial charge < -0.3 is 15.0 Å². The summed E-state index contributed by atoms with van der Waals surface area (Å²) in [7, 11) is 0. The Morgan fingerprint density at radius 3 is 2.86 bits per heavy atom. The van der Waals surface area contributed by atoms with E-state index >= 15 is 0 Å². The number of amides is 1. The first-order valence-electron chi connectivity index (χ1n) is 9.72. The number of piperidine rings is 1. The van der Waals surface area contributed by atoms with Gasteiger partial charge >= 0.3 is 5.97 Å². The Balaban J connectivity index is 1.64. The van der Waals surface area contributed by atoms with Crippen molar-refractivity contribution >= 4 is 34.1 Å². The van der Waals surface area contributed by atoms with E-state index in [0.717, 1.165) is 19.4 Å². The van der Waals surface area contributed by atoms with Gasteiger partial charge in [-0.25, -0.2) is 9.78 Å². The standard InChI is InChI=1S/C20H26N4O4S/c1-4-28-19(27)17-12(2)16(13(3)22-17)15(25)11-24-8-5-6-14(10-24)18(26)23-20-21-7-9-29-20/h7,9,14,22H,4-6,8,10-11H2,1-3H3,(H,21,23,26). The van der Waals surface area contributed by atoms with E-state index in [4.69, 9.17) is 4.74 Å². The van der Waals surface area contributed by atoms with Crippen molar-refractivity contribution in [2.24, 2.45) is 5.92 Å². The number of hydrogen-bond acceptors (Lipinski definition) is 7. The minimum atomic E-state index is -0.455. The SMILES string of the molecule is CCOC(=O)c1[nH]c(C)c(C(=O)CN2CCCC(C(=O)Nc3nccs3)C2)c1C. The molecule has 0 radical (unpaired) electrons. The zero-order valence-electron chi connectivity index (χ0n) is 16.9. The number of H-pyrrole nitrogens is 1. The van der Waals surface area contributed by atoms with E-state index in [-0.39, 0.29) is 30.8 Å². The van der Waals surface area contributed by atoms with Crippen LogP contribution < -0.4 is 5.32 Å². The molecule has 0 aliphatic carbocycles. The van der Waals surface area contributed by atoms with Crippen LogP contribution in [0.5, 0.6) is 0 Å². The molecule has 2 aromatic heterocycles. The molecule has 8 nitrogen and oxygen atoms in total. The maximum absolute atomic E-state index is 13.0. The van der Waals surface area contributed by atoms with Crippen molar-refractivity contribution in [3.05, 3.63) is 34.1 Å². The summed E-state index contributed by atoms with van der Waals surface area (Å²) >= 11 is 1.38. The highest BCUT2D eigenvalue weighted by Gasteiger charge is 2.29. The molecule has 3 heterocycles. The molecule has 2 aromatic rings. The quantitative estimate of drug-likeness (QED) is 0.529. The van der Waals surface area contributed by atoms with Crippen LogP contribution in [0.1, 0.15) is 51.9 Å². The highest BCUT2D eigenvalue weighted by Crippen LogP contribution is 2.23. The summed E-state index contributed by atoms with van der Waals surface area (Å²) in [6.45, 7) is 7.05.